The van der Waals surface area contributed by atoms with E-state index in [0.717, 1.165) is 5.56 Å². The third kappa shape index (κ3) is 2.56. The van der Waals surface area contributed by atoms with Crippen LogP contribution in [0.25, 0.3) is 0 Å². The van der Waals surface area contributed by atoms with Crippen LogP contribution in [0.1, 0.15) is 26.9 Å². The van der Waals surface area contributed by atoms with Gasteiger partial charge in [0, 0.05) is 9.75 Å². The predicted molar refractivity (Wildman–Crippen MR) is 71.1 cm³/mol. The lowest BCUT2D eigenvalue weighted by atomic mass is 9.99. The molecule has 1 heterocycles. The lowest BCUT2D eigenvalue weighted by Gasteiger charge is -2.16. The van der Waals surface area contributed by atoms with Crippen LogP contribution in [0.2, 0.25) is 0 Å². The lowest BCUT2D eigenvalue weighted by Crippen LogP contribution is -2.17. The maximum Gasteiger partial charge on any atom is 0.123 e. The van der Waals surface area contributed by atoms with Crippen LogP contribution in [-0.4, -0.2) is 7.05 Å². The molecule has 0 amide bonds. The number of thiophene rings is 1. The van der Waals surface area contributed by atoms with E-state index in [1.54, 1.807) is 23.5 Å². The fraction of sp³-hybridized carbons (Fsp3) is 0.286. The van der Waals surface area contributed by atoms with E-state index in [1.807, 2.05) is 13.1 Å². The first-order valence-electron chi connectivity index (χ1n) is 5.61. The molecule has 0 fully saturated rings. The van der Waals surface area contributed by atoms with Gasteiger partial charge in [-0.1, -0.05) is 12.1 Å². The Kier molecular flexibility index (Phi) is 3.60. The van der Waals surface area contributed by atoms with Crippen molar-refractivity contribution in [2.24, 2.45) is 0 Å². The highest BCUT2D eigenvalue weighted by Crippen LogP contribution is 2.30. The Hall–Kier alpha value is -1.19. The lowest BCUT2D eigenvalue weighted by molar-refractivity contribution is 0.616. The van der Waals surface area contributed by atoms with Crippen LogP contribution in [0.5, 0.6) is 0 Å². The molecule has 1 aromatic carbocycles. The third-order valence-corrected chi connectivity index (χ3v) is 3.84. The van der Waals surface area contributed by atoms with Gasteiger partial charge in [-0.25, -0.2) is 4.39 Å². The zero-order valence-corrected chi connectivity index (χ0v) is 11.1. The normalized spacial score (nSPS) is 12.7. The van der Waals surface area contributed by atoms with Crippen molar-refractivity contribution in [3.8, 4) is 0 Å². The molecule has 1 N–H and O–H groups in total. The minimum absolute atomic E-state index is 0.0654. The van der Waals surface area contributed by atoms with Crippen molar-refractivity contribution in [3.05, 3.63) is 57.0 Å². The first-order valence-corrected chi connectivity index (χ1v) is 6.43. The Balaban J connectivity index is 2.43. The molecule has 2 aromatic rings. The first kappa shape index (κ1) is 12.3. The van der Waals surface area contributed by atoms with Crippen molar-refractivity contribution in [1.82, 2.24) is 5.32 Å². The van der Waals surface area contributed by atoms with Crippen molar-refractivity contribution in [3.63, 3.8) is 0 Å². The molecule has 0 saturated carbocycles. The quantitative estimate of drug-likeness (QED) is 0.872. The summed E-state index contributed by atoms with van der Waals surface area (Å²) >= 11 is 1.78. The summed E-state index contributed by atoms with van der Waals surface area (Å²) in [6, 6.07) is 9.01. The molecule has 90 valence electrons. The monoisotopic (exact) mass is 249 g/mol. The minimum atomic E-state index is -0.188. The molecule has 0 aliphatic heterocycles. The van der Waals surface area contributed by atoms with Gasteiger partial charge in [-0.05, 0) is 50.2 Å². The van der Waals surface area contributed by atoms with E-state index in [0.29, 0.717) is 0 Å². The summed E-state index contributed by atoms with van der Waals surface area (Å²) in [4.78, 5) is 2.57. The van der Waals surface area contributed by atoms with E-state index >= 15 is 0 Å². The third-order valence-electron chi connectivity index (χ3n) is 2.86. The summed E-state index contributed by atoms with van der Waals surface area (Å²) in [5.74, 6) is -0.188. The Bertz CT molecular complexity index is 519. The largest absolute Gasteiger partial charge is 0.309 e. The average molecular weight is 249 g/mol. The molecule has 1 unspecified atom stereocenters. The molecule has 3 heteroatoms. The van der Waals surface area contributed by atoms with E-state index in [-0.39, 0.29) is 11.9 Å². The van der Waals surface area contributed by atoms with Crippen LogP contribution in [0.3, 0.4) is 0 Å². The molecule has 2 rings (SSSR count). The van der Waals surface area contributed by atoms with Gasteiger partial charge in [-0.2, -0.15) is 0 Å². The summed E-state index contributed by atoms with van der Waals surface area (Å²) in [6.07, 6.45) is 0. The van der Waals surface area contributed by atoms with Crippen LogP contribution in [0.15, 0.2) is 30.3 Å². The smallest absolute Gasteiger partial charge is 0.123 e. The van der Waals surface area contributed by atoms with Gasteiger partial charge in [0.25, 0.3) is 0 Å². The van der Waals surface area contributed by atoms with Gasteiger partial charge >= 0.3 is 0 Å². The summed E-state index contributed by atoms with van der Waals surface area (Å²) < 4.78 is 13.3. The van der Waals surface area contributed by atoms with Gasteiger partial charge in [0.1, 0.15) is 5.82 Å². The van der Waals surface area contributed by atoms with Crippen molar-refractivity contribution in [2.45, 2.75) is 19.9 Å². The summed E-state index contributed by atoms with van der Waals surface area (Å²) in [5, 5.41) is 3.26. The highest BCUT2D eigenvalue weighted by molar-refractivity contribution is 7.12. The maximum absolute atomic E-state index is 13.3. The Morgan fingerprint density at radius 3 is 2.53 bits per heavy atom. The van der Waals surface area contributed by atoms with Crippen LogP contribution in [0.4, 0.5) is 4.39 Å². The zero-order valence-electron chi connectivity index (χ0n) is 10.3. The summed E-state index contributed by atoms with van der Waals surface area (Å²) in [5.41, 5.74) is 2.20. The summed E-state index contributed by atoms with van der Waals surface area (Å²) in [7, 11) is 1.90. The second-order valence-corrected chi connectivity index (χ2v) is 5.61. The number of halogens is 1. The Morgan fingerprint density at radius 2 is 2.00 bits per heavy atom. The van der Waals surface area contributed by atoms with Crippen LogP contribution >= 0.6 is 11.3 Å². The Labute approximate surface area is 105 Å². The van der Waals surface area contributed by atoms with E-state index in [9.17, 15) is 4.39 Å². The molecule has 17 heavy (non-hydrogen) atoms. The van der Waals surface area contributed by atoms with Crippen molar-refractivity contribution in [2.75, 3.05) is 7.05 Å². The van der Waals surface area contributed by atoms with E-state index < -0.39 is 0 Å². The van der Waals surface area contributed by atoms with Gasteiger partial charge in [0.15, 0.2) is 0 Å². The highest BCUT2D eigenvalue weighted by atomic mass is 32.1. The van der Waals surface area contributed by atoms with Crippen molar-refractivity contribution >= 4 is 11.3 Å². The number of benzene rings is 1. The zero-order chi connectivity index (χ0) is 12.4. The number of nitrogens with one attached hydrogen (secondary N) is 1. The Morgan fingerprint density at radius 1 is 1.24 bits per heavy atom. The number of aryl methyl sites for hydroxylation is 2. The van der Waals surface area contributed by atoms with Crippen LogP contribution in [-0.2, 0) is 0 Å². The molecule has 0 spiro atoms. The van der Waals surface area contributed by atoms with Gasteiger partial charge < -0.3 is 5.32 Å². The number of hydrogen-bond acceptors (Lipinski definition) is 2. The maximum atomic E-state index is 13.3. The minimum Gasteiger partial charge on any atom is -0.309 e. The number of rotatable bonds is 3. The highest BCUT2D eigenvalue weighted by Gasteiger charge is 2.16. The standard InChI is InChI=1S/C14H16FNS/c1-9-7-13(10(2)17-9)14(16-3)11-5-4-6-12(15)8-11/h4-8,14,16H,1-3H3. The topological polar surface area (TPSA) is 12.0 Å². The fourth-order valence-electron chi connectivity index (χ4n) is 2.12. The van der Waals surface area contributed by atoms with Gasteiger partial charge in [0.05, 0.1) is 6.04 Å². The molecule has 0 radical (unpaired) electrons. The van der Waals surface area contributed by atoms with Gasteiger partial charge in [-0.15, -0.1) is 11.3 Å². The summed E-state index contributed by atoms with van der Waals surface area (Å²) in [6.45, 7) is 4.20. The van der Waals surface area contributed by atoms with E-state index in [2.05, 4.69) is 25.2 Å². The molecule has 0 bridgehead atoms. The molecular weight excluding hydrogens is 233 g/mol. The SMILES string of the molecule is CNC(c1cccc(F)c1)c1cc(C)sc1C. The fourth-order valence-corrected chi connectivity index (χ4v) is 3.09. The molecule has 1 atom stereocenters. The molecular formula is C14H16FNS. The second kappa shape index (κ2) is 4.98. The molecule has 0 aliphatic carbocycles. The van der Waals surface area contributed by atoms with Crippen molar-refractivity contribution < 1.29 is 4.39 Å². The van der Waals surface area contributed by atoms with Crippen molar-refractivity contribution in [1.29, 1.82) is 0 Å². The van der Waals surface area contributed by atoms with E-state index in [4.69, 9.17) is 0 Å². The van der Waals surface area contributed by atoms with Gasteiger partial charge in [0.2, 0.25) is 0 Å². The second-order valence-electron chi connectivity index (χ2n) is 4.15. The van der Waals surface area contributed by atoms with Gasteiger partial charge in [-0.3, -0.25) is 0 Å². The molecule has 1 aromatic heterocycles. The predicted octanol–water partition coefficient (Wildman–Crippen LogP) is 3.81. The van der Waals surface area contributed by atoms with Crippen LogP contribution < -0.4 is 5.32 Å². The average Bonchev–Trinajstić information content (AvgIpc) is 2.59. The molecule has 1 nitrogen and oxygen atoms in total. The molecule has 0 saturated heterocycles. The number of hydrogen-bond donors (Lipinski definition) is 1. The van der Waals surface area contributed by atoms with E-state index in [1.165, 1.54) is 21.4 Å². The molecule has 0 aliphatic rings. The van der Waals surface area contributed by atoms with Crippen LogP contribution in [0, 0.1) is 19.7 Å². The first-order chi connectivity index (χ1) is 8.11.